The summed E-state index contributed by atoms with van der Waals surface area (Å²) in [5, 5.41) is 8.91. The van der Waals surface area contributed by atoms with Gasteiger partial charge in [-0.25, -0.2) is 0 Å². The number of hydrogen-bond donors (Lipinski definition) is 2. The molecule has 1 heterocycles. The highest BCUT2D eigenvalue weighted by atomic mass is 16.5. The van der Waals surface area contributed by atoms with Crippen molar-refractivity contribution in [3.8, 4) is 0 Å². The van der Waals surface area contributed by atoms with Crippen molar-refractivity contribution < 1.29 is 9.84 Å². The predicted molar refractivity (Wildman–Crippen MR) is 51.5 cm³/mol. The van der Waals surface area contributed by atoms with Gasteiger partial charge in [0.05, 0.1) is 12.7 Å². The van der Waals surface area contributed by atoms with Gasteiger partial charge in [0.2, 0.25) is 0 Å². The third-order valence-electron chi connectivity index (χ3n) is 2.37. The first-order chi connectivity index (χ1) is 6.26. The number of aliphatic hydroxyl groups excluding tert-OH is 1. The first-order valence-corrected chi connectivity index (χ1v) is 4.91. The normalized spacial score (nSPS) is 27.5. The molecule has 4 nitrogen and oxygen atoms in total. The fourth-order valence-electron chi connectivity index (χ4n) is 1.59. The molecule has 1 saturated heterocycles. The van der Waals surface area contributed by atoms with Crippen LogP contribution in [0.2, 0.25) is 0 Å². The largest absolute Gasteiger partial charge is 0.396 e. The van der Waals surface area contributed by atoms with Gasteiger partial charge < -0.3 is 15.6 Å². The highest BCUT2D eigenvalue weighted by Crippen LogP contribution is 2.06. The van der Waals surface area contributed by atoms with E-state index in [0.29, 0.717) is 12.5 Å². The lowest BCUT2D eigenvalue weighted by Crippen LogP contribution is -2.47. The summed E-state index contributed by atoms with van der Waals surface area (Å²) in [5.74, 6) is 0.344. The van der Waals surface area contributed by atoms with Gasteiger partial charge in [-0.2, -0.15) is 0 Å². The third-order valence-corrected chi connectivity index (χ3v) is 2.37. The summed E-state index contributed by atoms with van der Waals surface area (Å²) in [6.07, 6.45) is 0.180. The van der Waals surface area contributed by atoms with Crippen molar-refractivity contribution in [2.24, 2.45) is 11.7 Å². The Morgan fingerprint density at radius 1 is 1.69 bits per heavy atom. The number of rotatable bonds is 4. The van der Waals surface area contributed by atoms with E-state index in [4.69, 9.17) is 15.6 Å². The Kier molecular flexibility index (Phi) is 4.66. The van der Waals surface area contributed by atoms with E-state index >= 15 is 0 Å². The second-order valence-corrected chi connectivity index (χ2v) is 3.78. The van der Waals surface area contributed by atoms with Crippen LogP contribution in [0.3, 0.4) is 0 Å². The number of morpholine rings is 1. The maximum absolute atomic E-state index is 8.91. The first-order valence-electron chi connectivity index (χ1n) is 4.91. The first kappa shape index (κ1) is 10.9. The highest BCUT2D eigenvalue weighted by molar-refractivity contribution is 4.73. The lowest BCUT2D eigenvalue weighted by Gasteiger charge is -2.33. The average Bonchev–Trinajstić information content (AvgIpc) is 2.18. The van der Waals surface area contributed by atoms with Gasteiger partial charge in [0.1, 0.15) is 0 Å². The van der Waals surface area contributed by atoms with Crippen LogP contribution in [0, 0.1) is 5.92 Å². The number of aliphatic hydroxyl groups is 1. The lowest BCUT2D eigenvalue weighted by molar-refractivity contribution is -0.0292. The smallest absolute Gasteiger partial charge is 0.0824 e. The minimum atomic E-state index is 0.180. The zero-order valence-electron chi connectivity index (χ0n) is 8.28. The second kappa shape index (κ2) is 5.54. The van der Waals surface area contributed by atoms with E-state index in [1.165, 1.54) is 0 Å². The molecule has 2 unspecified atom stereocenters. The molecule has 78 valence electrons. The van der Waals surface area contributed by atoms with E-state index in [1.54, 1.807) is 0 Å². The molecule has 0 aromatic rings. The molecule has 1 aliphatic heterocycles. The van der Waals surface area contributed by atoms with Gasteiger partial charge in [0, 0.05) is 32.8 Å². The predicted octanol–water partition coefficient (Wildman–Crippen LogP) is -0.726. The summed E-state index contributed by atoms with van der Waals surface area (Å²) in [6.45, 7) is 6.46. The highest BCUT2D eigenvalue weighted by Gasteiger charge is 2.19. The molecule has 1 fully saturated rings. The van der Waals surface area contributed by atoms with E-state index in [2.05, 4.69) is 4.90 Å². The molecule has 1 aliphatic rings. The van der Waals surface area contributed by atoms with E-state index in [-0.39, 0.29) is 12.7 Å². The Morgan fingerprint density at radius 3 is 3.08 bits per heavy atom. The molecule has 0 bridgehead atoms. The van der Waals surface area contributed by atoms with Gasteiger partial charge in [-0.05, 0) is 5.92 Å². The van der Waals surface area contributed by atoms with Gasteiger partial charge in [-0.15, -0.1) is 0 Å². The molecule has 0 saturated carbocycles. The SMILES string of the molecule is CC(CO)CN1CCOC(CN)C1. The minimum absolute atomic E-state index is 0.180. The number of nitrogens with zero attached hydrogens (tertiary/aromatic N) is 1. The summed E-state index contributed by atoms with van der Waals surface area (Å²) in [7, 11) is 0. The zero-order chi connectivity index (χ0) is 9.68. The van der Waals surface area contributed by atoms with Gasteiger partial charge in [-0.1, -0.05) is 6.92 Å². The Bertz CT molecular complexity index is 142. The number of hydrogen-bond acceptors (Lipinski definition) is 4. The number of nitrogens with two attached hydrogens (primary N) is 1. The van der Waals surface area contributed by atoms with Crippen molar-refractivity contribution in [2.75, 3.05) is 39.4 Å². The van der Waals surface area contributed by atoms with Crippen LogP contribution in [-0.2, 0) is 4.74 Å². The molecule has 0 aromatic carbocycles. The fraction of sp³-hybridized carbons (Fsp3) is 1.00. The standard InChI is InChI=1S/C9H20N2O2/c1-8(7-12)5-11-2-3-13-9(4-10)6-11/h8-9,12H,2-7,10H2,1H3. The summed E-state index contributed by atoms with van der Waals surface area (Å²) in [4.78, 5) is 2.31. The van der Waals surface area contributed by atoms with Crippen LogP contribution < -0.4 is 5.73 Å². The van der Waals surface area contributed by atoms with Crippen LogP contribution in [0.1, 0.15) is 6.92 Å². The average molecular weight is 188 g/mol. The van der Waals surface area contributed by atoms with Gasteiger partial charge in [0.15, 0.2) is 0 Å². The molecule has 13 heavy (non-hydrogen) atoms. The van der Waals surface area contributed by atoms with E-state index in [1.807, 2.05) is 6.92 Å². The Labute approximate surface area is 79.7 Å². The zero-order valence-corrected chi connectivity index (χ0v) is 8.28. The molecule has 0 amide bonds. The van der Waals surface area contributed by atoms with Gasteiger partial charge >= 0.3 is 0 Å². The summed E-state index contributed by atoms with van der Waals surface area (Å²) in [5.41, 5.74) is 5.53. The van der Waals surface area contributed by atoms with Crippen LogP contribution in [0.25, 0.3) is 0 Å². The minimum Gasteiger partial charge on any atom is -0.396 e. The maximum atomic E-state index is 8.91. The Morgan fingerprint density at radius 2 is 2.46 bits per heavy atom. The second-order valence-electron chi connectivity index (χ2n) is 3.78. The van der Waals surface area contributed by atoms with E-state index in [9.17, 15) is 0 Å². The van der Waals surface area contributed by atoms with E-state index < -0.39 is 0 Å². The molecule has 4 heteroatoms. The molecule has 0 spiro atoms. The van der Waals surface area contributed by atoms with Crippen LogP contribution in [-0.4, -0.2) is 55.5 Å². The fourth-order valence-corrected chi connectivity index (χ4v) is 1.59. The molecule has 1 rings (SSSR count). The topological polar surface area (TPSA) is 58.7 Å². The molecular weight excluding hydrogens is 168 g/mol. The van der Waals surface area contributed by atoms with Crippen molar-refractivity contribution in [1.29, 1.82) is 0 Å². The van der Waals surface area contributed by atoms with Crippen LogP contribution in [0.15, 0.2) is 0 Å². The van der Waals surface area contributed by atoms with Crippen LogP contribution >= 0.6 is 0 Å². The Hall–Kier alpha value is -0.160. The van der Waals surface area contributed by atoms with Crippen molar-refractivity contribution >= 4 is 0 Å². The van der Waals surface area contributed by atoms with Gasteiger partial charge in [0.25, 0.3) is 0 Å². The van der Waals surface area contributed by atoms with Crippen molar-refractivity contribution in [1.82, 2.24) is 4.90 Å². The Balaban J connectivity index is 2.25. The van der Waals surface area contributed by atoms with Crippen molar-refractivity contribution in [3.63, 3.8) is 0 Å². The van der Waals surface area contributed by atoms with Crippen molar-refractivity contribution in [3.05, 3.63) is 0 Å². The number of ether oxygens (including phenoxy) is 1. The molecule has 0 aliphatic carbocycles. The van der Waals surface area contributed by atoms with Gasteiger partial charge in [-0.3, -0.25) is 4.90 Å². The lowest BCUT2D eigenvalue weighted by atomic mass is 10.1. The van der Waals surface area contributed by atoms with E-state index in [0.717, 1.165) is 26.2 Å². The van der Waals surface area contributed by atoms with Crippen molar-refractivity contribution in [2.45, 2.75) is 13.0 Å². The molecule has 2 atom stereocenters. The molecular formula is C9H20N2O2. The summed E-state index contributed by atoms with van der Waals surface area (Å²) in [6, 6.07) is 0. The van der Waals surface area contributed by atoms with Crippen LogP contribution in [0.5, 0.6) is 0 Å². The molecule has 3 N–H and O–H groups in total. The quantitative estimate of drug-likeness (QED) is 0.611. The summed E-state index contributed by atoms with van der Waals surface area (Å²) >= 11 is 0. The maximum Gasteiger partial charge on any atom is 0.0824 e. The summed E-state index contributed by atoms with van der Waals surface area (Å²) < 4.78 is 5.44. The third kappa shape index (κ3) is 3.60. The van der Waals surface area contributed by atoms with Crippen LogP contribution in [0.4, 0.5) is 0 Å². The monoisotopic (exact) mass is 188 g/mol. The molecule has 0 radical (unpaired) electrons. The molecule has 0 aromatic heterocycles.